The largest absolute Gasteiger partial charge is 0.317 e. The van der Waals surface area contributed by atoms with Crippen molar-refractivity contribution in [1.82, 2.24) is 35.1 Å². The zero-order valence-corrected chi connectivity index (χ0v) is 13.9. The number of nitrogens with zero attached hydrogens (tertiary/aromatic N) is 6. The van der Waals surface area contributed by atoms with Crippen molar-refractivity contribution >= 4 is 0 Å². The Kier molecular flexibility index (Phi) is 3.86. The second-order valence-electron chi connectivity index (χ2n) is 6.35. The molecule has 24 heavy (non-hydrogen) atoms. The fourth-order valence-electron chi connectivity index (χ4n) is 2.85. The van der Waals surface area contributed by atoms with Crippen LogP contribution in [0.5, 0.6) is 0 Å². The van der Waals surface area contributed by atoms with Crippen LogP contribution in [0.1, 0.15) is 48.9 Å². The second kappa shape index (κ2) is 6.16. The van der Waals surface area contributed by atoms with Crippen molar-refractivity contribution in [3.63, 3.8) is 0 Å². The summed E-state index contributed by atoms with van der Waals surface area (Å²) >= 11 is 0. The highest BCUT2D eigenvalue weighted by Gasteiger charge is 2.29. The molecule has 0 bridgehead atoms. The number of nitrogens with one attached hydrogen (secondary N) is 1. The van der Waals surface area contributed by atoms with E-state index in [9.17, 15) is 0 Å². The SMILES string of the molecule is C[C@@H](NCc1nnc(C2CC2)n1C)c1ccc(-n2ccnn2)cc1. The third-order valence-corrected chi connectivity index (χ3v) is 4.59. The molecule has 0 spiro atoms. The smallest absolute Gasteiger partial charge is 0.146 e. The van der Waals surface area contributed by atoms with E-state index in [0.717, 1.165) is 17.3 Å². The van der Waals surface area contributed by atoms with Gasteiger partial charge in [0.15, 0.2) is 0 Å². The topological polar surface area (TPSA) is 73.5 Å². The minimum absolute atomic E-state index is 0.232. The minimum atomic E-state index is 0.232. The average molecular weight is 323 g/mol. The van der Waals surface area contributed by atoms with E-state index in [-0.39, 0.29) is 6.04 Å². The molecule has 0 aliphatic heterocycles. The molecule has 1 aliphatic carbocycles. The standard InChI is InChI=1S/C17H21N7/c1-12(13-5-7-15(8-6-13)24-10-9-19-22-24)18-11-16-20-21-17(23(16)2)14-3-4-14/h5-10,12,14,18H,3-4,11H2,1-2H3/t12-/m1/s1. The highest BCUT2D eigenvalue weighted by molar-refractivity contribution is 5.34. The van der Waals surface area contributed by atoms with Crippen molar-refractivity contribution in [3.8, 4) is 5.69 Å². The lowest BCUT2D eigenvalue weighted by Crippen LogP contribution is -2.20. The molecule has 7 heteroatoms. The van der Waals surface area contributed by atoms with Gasteiger partial charge in [-0.1, -0.05) is 17.3 Å². The monoisotopic (exact) mass is 323 g/mol. The molecular weight excluding hydrogens is 302 g/mol. The van der Waals surface area contributed by atoms with Crippen LogP contribution in [0, 0.1) is 0 Å². The zero-order chi connectivity index (χ0) is 16.5. The summed E-state index contributed by atoms with van der Waals surface area (Å²) in [7, 11) is 2.06. The van der Waals surface area contributed by atoms with Crippen molar-refractivity contribution in [2.45, 2.75) is 38.3 Å². The Morgan fingerprint density at radius 2 is 2.00 bits per heavy atom. The van der Waals surface area contributed by atoms with Crippen LogP contribution in [0.25, 0.3) is 5.69 Å². The van der Waals surface area contributed by atoms with Gasteiger partial charge in [-0.15, -0.1) is 15.3 Å². The third-order valence-electron chi connectivity index (χ3n) is 4.59. The Morgan fingerprint density at radius 3 is 2.67 bits per heavy atom. The van der Waals surface area contributed by atoms with Crippen LogP contribution < -0.4 is 5.32 Å². The molecule has 1 saturated carbocycles. The van der Waals surface area contributed by atoms with Crippen LogP contribution in [0.15, 0.2) is 36.7 Å². The van der Waals surface area contributed by atoms with Crippen LogP contribution in [-0.4, -0.2) is 29.8 Å². The second-order valence-corrected chi connectivity index (χ2v) is 6.35. The molecule has 0 amide bonds. The molecule has 0 unspecified atom stereocenters. The summed E-state index contributed by atoms with van der Waals surface area (Å²) in [5.74, 6) is 2.73. The van der Waals surface area contributed by atoms with Gasteiger partial charge in [-0.25, -0.2) is 4.68 Å². The quantitative estimate of drug-likeness (QED) is 0.752. The number of hydrogen-bond donors (Lipinski definition) is 1. The maximum atomic E-state index is 4.33. The number of rotatable bonds is 6. The molecule has 3 aromatic rings. The van der Waals surface area contributed by atoms with Crippen LogP contribution in [-0.2, 0) is 13.6 Å². The van der Waals surface area contributed by atoms with E-state index >= 15 is 0 Å². The summed E-state index contributed by atoms with van der Waals surface area (Å²) in [5, 5.41) is 20.0. The molecule has 1 fully saturated rings. The van der Waals surface area contributed by atoms with Crippen LogP contribution in [0.3, 0.4) is 0 Å². The van der Waals surface area contributed by atoms with E-state index in [0.29, 0.717) is 12.5 Å². The molecule has 1 N–H and O–H groups in total. The van der Waals surface area contributed by atoms with Gasteiger partial charge in [-0.2, -0.15) is 0 Å². The normalized spacial score (nSPS) is 15.6. The van der Waals surface area contributed by atoms with Crippen LogP contribution in [0.4, 0.5) is 0 Å². The Hall–Kier alpha value is -2.54. The number of hydrogen-bond acceptors (Lipinski definition) is 5. The first-order chi connectivity index (χ1) is 11.7. The maximum absolute atomic E-state index is 4.33. The summed E-state index contributed by atoms with van der Waals surface area (Å²) in [6, 6.07) is 8.56. The Labute approximate surface area is 140 Å². The molecule has 1 aromatic carbocycles. The fourth-order valence-corrected chi connectivity index (χ4v) is 2.85. The van der Waals surface area contributed by atoms with Crippen molar-refractivity contribution in [2.75, 3.05) is 0 Å². The summed E-state index contributed by atoms with van der Waals surface area (Å²) in [5.41, 5.74) is 2.23. The molecular formula is C17H21N7. The van der Waals surface area contributed by atoms with E-state index < -0.39 is 0 Å². The van der Waals surface area contributed by atoms with Gasteiger partial charge in [-0.3, -0.25) is 0 Å². The van der Waals surface area contributed by atoms with Gasteiger partial charge in [0.2, 0.25) is 0 Å². The minimum Gasteiger partial charge on any atom is -0.317 e. The van der Waals surface area contributed by atoms with Crippen molar-refractivity contribution < 1.29 is 0 Å². The predicted molar refractivity (Wildman–Crippen MR) is 89.6 cm³/mol. The lowest BCUT2D eigenvalue weighted by molar-refractivity contribution is 0.546. The van der Waals surface area contributed by atoms with Gasteiger partial charge in [-0.05, 0) is 37.5 Å². The van der Waals surface area contributed by atoms with E-state index in [1.807, 2.05) is 6.20 Å². The first kappa shape index (κ1) is 15.0. The Bertz CT molecular complexity index is 800. The molecule has 2 heterocycles. The maximum Gasteiger partial charge on any atom is 0.146 e. The molecule has 1 aliphatic rings. The van der Waals surface area contributed by atoms with E-state index in [1.54, 1.807) is 10.9 Å². The van der Waals surface area contributed by atoms with E-state index in [1.165, 1.54) is 18.4 Å². The molecule has 124 valence electrons. The summed E-state index contributed by atoms with van der Waals surface area (Å²) in [6.45, 7) is 2.87. The van der Waals surface area contributed by atoms with Crippen LogP contribution >= 0.6 is 0 Å². The van der Waals surface area contributed by atoms with Gasteiger partial charge >= 0.3 is 0 Å². The first-order valence-electron chi connectivity index (χ1n) is 8.30. The zero-order valence-electron chi connectivity index (χ0n) is 13.9. The molecule has 4 rings (SSSR count). The number of benzene rings is 1. The van der Waals surface area contributed by atoms with Crippen molar-refractivity contribution in [2.24, 2.45) is 7.05 Å². The molecule has 7 nitrogen and oxygen atoms in total. The highest BCUT2D eigenvalue weighted by atomic mass is 15.4. The first-order valence-corrected chi connectivity index (χ1v) is 8.30. The fraction of sp³-hybridized carbons (Fsp3) is 0.412. The number of aromatic nitrogens is 6. The van der Waals surface area contributed by atoms with Crippen molar-refractivity contribution in [3.05, 3.63) is 53.9 Å². The summed E-state index contributed by atoms with van der Waals surface area (Å²) < 4.78 is 3.88. The lowest BCUT2D eigenvalue weighted by Gasteiger charge is -2.14. The van der Waals surface area contributed by atoms with Crippen LogP contribution in [0.2, 0.25) is 0 Å². The Morgan fingerprint density at radius 1 is 1.21 bits per heavy atom. The van der Waals surface area contributed by atoms with Gasteiger partial charge in [0.05, 0.1) is 24.6 Å². The van der Waals surface area contributed by atoms with E-state index in [4.69, 9.17) is 0 Å². The molecule has 2 aromatic heterocycles. The highest BCUT2D eigenvalue weighted by Crippen LogP contribution is 2.38. The van der Waals surface area contributed by atoms with Gasteiger partial charge in [0.1, 0.15) is 11.6 Å². The molecule has 1 atom stereocenters. The Balaban J connectivity index is 1.40. The third kappa shape index (κ3) is 2.94. The molecule has 0 saturated heterocycles. The van der Waals surface area contributed by atoms with Gasteiger partial charge < -0.3 is 9.88 Å². The average Bonchev–Trinajstić information content (AvgIpc) is 3.16. The lowest BCUT2D eigenvalue weighted by atomic mass is 10.1. The summed E-state index contributed by atoms with van der Waals surface area (Å²) in [6.07, 6.45) is 6.00. The van der Waals surface area contributed by atoms with Crippen molar-refractivity contribution in [1.29, 1.82) is 0 Å². The van der Waals surface area contributed by atoms with E-state index in [2.05, 4.69) is 68.6 Å². The molecule has 0 radical (unpaired) electrons. The summed E-state index contributed by atoms with van der Waals surface area (Å²) in [4.78, 5) is 0. The van der Waals surface area contributed by atoms with Gasteiger partial charge in [0, 0.05) is 19.0 Å². The predicted octanol–water partition coefficient (Wildman–Crippen LogP) is 2.12. The van der Waals surface area contributed by atoms with Gasteiger partial charge in [0.25, 0.3) is 0 Å².